The Morgan fingerprint density at radius 3 is 2.70 bits per heavy atom. The zero-order chi connectivity index (χ0) is 22.1. The predicted molar refractivity (Wildman–Crippen MR) is 117 cm³/mol. The third kappa shape index (κ3) is 4.93. The minimum atomic E-state index is -0.484. The number of ether oxygens (including phenoxy) is 2. The fourth-order valence-electron chi connectivity index (χ4n) is 3.93. The van der Waals surface area contributed by atoms with Gasteiger partial charge in [-0.2, -0.15) is 0 Å². The lowest BCUT2D eigenvalue weighted by Gasteiger charge is -2.35. The molecule has 1 saturated heterocycles. The van der Waals surface area contributed by atoms with E-state index in [0.29, 0.717) is 30.1 Å². The highest BCUT2D eigenvalue weighted by molar-refractivity contribution is 5.87. The molecule has 0 unspecified atom stereocenters. The molecule has 2 heterocycles. The number of aryl methyl sites for hydroxylation is 2. The first kappa shape index (κ1) is 22.1. The number of fused-ring (bicyclic) bond motifs is 1. The van der Waals surface area contributed by atoms with Gasteiger partial charge in [0.2, 0.25) is 5.91 Å². The van der Waals surface area contributed by atoms with Gasteiger partial charge >= 0.3 is 5.63 Å². The van der Waals surface area contributed by atoms with Gasteiger partial charge in [0.05, 0.1) is 17.6 Å². The van der Waals surface area contributed by atoms with Crippen LogP contribution in [0.1, 0.15) is 50.3 Å². The van der Waals surface area contributed by atoms with Crippen LogP contribution in [0.5, 0.6) is 5.75 Å². The quantitative estimate of drug-likeness (QED) is 0.572. The summed E-state index contributed by atoms with van der Waals surface area (Å²) < 4.78 is 17.1. The van der Waals surface area contributed by atoms with Gasteiger partial charge < -0.3 is 19.2 Å². The average Bonchev–Trinajstić information content (AvgIpc) is 2.64. The molecular formula is C24H31NO5. The first-order chi connectivity index (χ1) is 14.1. The fraction of sp³-hybridized carbons (Fsp3) is 0.500. The molecule has 6 nitrogen and oxygen atoms in total. The molecule has 0 radical (unpaired) electrons. The topological polar surface area (TPSA) is 77.8 Å². The first-order valence-corrected chi connectivity index (χ1v) is 10.3. The van der Waals surface area contributed by atoms with Gasteiger partial charge in [-0.25, -0.2) is 4.79 Å². The Hall–Kier alpha value is -2.60. The maximum absolute atomic E-state index is 12.7. The molecule has 0 bridgehead atoms. The van der Waals surface area contributed by atoms with E-state index < -0.39 is 5.63 Å². The molecule has 1 fully saturated rings. The standard InChI is InChI=1S/C24H31NO5/c1-14(2)13-28-20-8-7-18-15(3)19(23(27)30-22(18)16(20)4)11-21(26)25-17-9-10-29-24(5,6)12-17/h7-8,17H,1,9-13H2,2-6H3,(H,25,26)/t17-/m0/s1. The number of amides is 1. The molecule has 1 amide bonds. The van der Waals surface area contributed by atoms with Crippen molar-refractivity contribution in [1.82, 2.24) is 5.32 Å². The van der Waals surface area contributed by atoms with E-state index in [2.05, 4.69) is 11.9 Å². The van der Waals surface area contributed by atoms with Gasteiger partial charge in [0.25, 0.3) is 0 Å². The van der Waals surface area contributed by atoms with Crippen molar-refractivity contribution >= 4 is 16.9 Å². The molecule has 162 valence electrons. The Morgan fingerprint density at radius 2 is 2.03 bits per heavy atom. The second-order valence-corrected chi connectivity index (χ2v) is 8.85. The van der Waals surface area contributed by atoms with Crippen molar-refractivity contribution in [1.29, 1.82) is 0 Å². The van der Waals surface area contributed by atoms with Crippen LogP contribution in [0.4, 0.5) is 0 Å². The van der Waals surface area contributed by atoms with Crippen molar-refractivity contribution in [3.63, 3.8) is 0 Å². The zero-order valence-electron chi connectivity index (χ0n) is 18.5. The van der Waals surface area contributed by atoms with Gasteiger partial charge in [-0.3, -0.25) is 4.79 Å². The minimum absolute atomic E-state index is 0.00511. The number of nitrogens with one attached hydrogen (secondary N) is 1. The van der Waals surface area contributed by atoms with E-state index in [0.717, 1.165) is 34.9 Å². The van der Waals surface area contributed by atoms with Gasteiger partial charge in [0.1, 0.15) is 17.9 Å². The summed E-state index contributed by atoms with van der Waals surface area (Å²) in [6.45, 7) is 14.5. The van der Waals surface area contributed by atoms with Crippen molar-refractivity contribution in [2.24, 2.45) is 0 Å². The molecular weight excluding hydrogens is 382 g/mol. The number of hydrogen-bond acceptors (Lipinski definition) is 5. The predicted octanol–water partition coefficient (Wildman–Crippen LogP) is 3.98. The molecule has 3 rings (SSSR count). The number of carbonyl (C=O) groups is 1. The summed E-state index contributed by atoms with van der Waals surface area (Å²) in [6.07, 6.45) is 1.51. The second kappa shape index (κ2) is 8.64. The average molecular weight is 414 g/mol. The van der Waals surface area contributed by atoms with Gasteiger partial charge in [-0.15, -0.1) is 0 Å². The van der Waals surface area contributed by atoms with Crippen LogP contribution in [-0.4, -0.2) is 30.8 Å². The van der Waals surface area contributed by atoms with Crippen LogP contribution in [0.2, 0.25) is 0 Å². The summed E-state index contributed by atoms with van der Waals surface area (Å²) in [7, 11) is 0. The molecule has 2 aromatic rings. The monoisotopic (exact) mass is 413 g/mol. The third-order valence-corrected chi connectivity index (χ3v) is 5.53. The van der Waals surface area contributed by atoms with Crippen molar-refractivity contribution in [3.05, 3.63) is 51.4 Å². The maximum atomic E-state index is 12.7. The number of hydrogen-bond donors (Lipinski definition) is 1. The third-order valence-electron chi connectivity index (χ3n) is 5.53. The number of rotatable bonds is 6. The normalized spacial score (nSPS) is 18.2. The van der Waals surface area contributed by atoms with E-state index >= 15 is 0 Å². The molecule has 6 heteroatoms. The van der Waals surface area contributed by atoms with Crippen molar-refractivity contribution in [3.8, 4) is 5.75 Å². The Balaban J connectivity index is 1.82. The largest absolute Gasteiger partial charge is 0.489 e. The second-order valence-electron chi connectivity index (χ2n) is 8.85. The number of benzene rings is 1. The molecule has 0 saturated carbocycles. The highest BCUT2D eigenvalue weighted by atomic mass is 16.5. The lowest BCUT2D eigenvalue weighted by atomic mass is 9.93. The number of carbonyl (C=O) groups excluding carboxylic acids is 1. The molecule has 1 aromatic carbocycles. The molecule has 30 heavy (non-hydrogen) atoms. The van der Waals surface area contributed by atoms with Gasteiger partial charge in [0.15, 0.2) is 0 Å². The zero-order valence-corrected chi connectivity index (χ0v) is 18.5. The van der Waals surface area contributed by atoms with E-state index in [-0.39, 0.29) is 24.0 Å². The van der Waals surface area contributed by atoms with E-state index in [1.165, 1.54) is 0 Å². The molecule has 1 aliphatic rings. The summed E-state index contributed by atoms with van der Waals surface area (Å²) in [4.78, 5) is 25.3. The summed E-state index contributed by atoms with van der Waals surface area (Å²) in [5.41, 5.74) is 2.57. The summed E-state index contributed by atoms with van der Waals surface area (Å²) >= 11 is 0. The molecule has 1 N–H and O–H groups in total. The molecule has 1 atom stereocenters. The SMILES string of the molecule is C=C(C)COc1ccc2c(C)c(CC(=O)N[C@H]3CCOC(C)(C)C3)c(=O)oc2c1C. The highest BCUT2D eigenvalue weighted by Gasteiger charge is 2.30. The van der Waals surface area contributed by atoms with Crippen LogP contribution in [0, 0.1) is 13.8 Å². The maximum Gasteiger partial charge on any atom is 0.340 e. The highest BCUT2D eigenvalue weighted by Crippen LogP contribution is 2.30. The lowest BCUT2D eigenvalue weighted by molar-refractivity contribution is -0.123. The van der Waals surface area contributed by atoms with Crippen molar-refractivity contribution < 1.29 is 18.7 Å². The van der Waals surface area contributed by atoms with Gasteiger partial charge in [-0.1, -0.05) is 6.58 Å². The van der Waals surface area contributed by atoms with E-state index in [9.17, 15) is 9.59 Å². The molecule has 0 spiro atoms. The van der Waals surface area contributed by atoms with Crippen LogP contribution in [0.15, 0.2) is 33.5 Å². The Kier molecular flexibility index (Phi) is 6.36. The van der Waals surface area contributed by atoms with Crippen LogP contribution in [0.25, 0.3) is 11.0 Å². The molecule has 1 aliphatic heterocycles. The van der Waals surface area contributed by atoms with Crippen molar-refractivity contribution in [2.45, 2.75) is 65.5 Å². The van der Waals surface area contributed by atoms with Crippen LogP contribution < -0.4 is 15.7 Å². The summed E-state index contributed by atoms with van der Waals surface area (Å²) in [6, 6.07) is 3.78. The minimum Gasteiger partial charge on any atom is -0.489 e. The molecule has 1 aromatic heterocycles. The Bertz CT molecular complexity index is 1030. The van der Waals surface area contributed by atoms with Crippen molar-refractivity contribution in [2.75, 3.05) is 13.2 Å². The Labute approximate surface area is 177 Å². The fourth-order valence-corrected chi connectivity index (χ4v) is 3.93. The first-order valence-electron chi connectivity index (χ1n) is 10.3. The van der Waals surface area contributed by atoms with Gasteiger partial charge in [-0.05, 0) is 70.7 Å². The smallest absolute Gasteiger partial charge is 0.340 e. The van der Waals surface area contributed by atoms with E-state index in [1.54, 1.807) is 0 Å². The Morgan fingerprint density at radius 1 is 1.30 bits per heavy atom. The van der Waals surface area contributed by atoms with E-state index in [4.69, 9.17) is 13.9 Å². The van der Waals surface area contributed by atoms with Gasteiger partial charge in [0, 0.05) is 23.6 Å². The summed E-state index contributed by atoms with van der Waals surface area (Å²) in [5.74, 6) is 0.478. The lowest BCUT2D eigenvalue weighted by Crippen LogP contribution is -2.46. The molecule has 0 aliphatic carbocycles. The van der Waals surface area contributed by atoms with Crippen LogP contribution in [-0.2, 0) is 16.0 Å². The van der Waals surface area contributed by atoms with Crippen LogP contribution >= 0.6 is 0 Å². The summed E-state index contributed by atoms with van der Waals surface area (Å²) in [5, 5.41) is 3.86. The van der Waals surface area contributed by atoms with E-state index in [1.807, 2.05) is 46.8 Å². The van der Waals surface area contributed by atoms with Crippen LogP contribution in [0.3, 0.4) is 0 Å².